The normalized spacial score (nSPS) is 23.5. The van der Waals surface area contributed by atoms with Gasteiger partial charge in [0.2, 0.25) is 5.91 Å². The number of nitrogens with zero attached hydrogens (tertiary/aromatic N) is 3. The SMILES string of the molecule is CCOC(=O)N1CCC2(CC1)C(=C=[N-])C(=S)NC(=O)C2C#N. The third kappa shape index (κ3) is 2.49. The third-order valence-corrected chi connectivity index (χ3v) is 4.51. The van der Waals surface area contributed by atoms with E-state index in [4.69, 9.17) is 17.0 Å². The van der Waals surface area contributed by atoms with E-state index in [1.54, 1.807) is 6.92 Å². The van der Waals surface area contributed by atoms with Crippen molar-refractivity contribution in [3.63, 3.8) is 0 Å². The van der Waals surface area contributed by atoms with Crippen LogP contribution in [0.1, 0.15) is 19.8 Å². The van der Waals surface area contributed by atoms with Gasteiger partial charge in [0.1, 0.15) is 10.9 Å². The molecule has 2 amide bonds. The van der Waals surface area contributed by atoms with Crippen LogP contribution in [0.25, 0.3) is 5.41 Å². The van der Waals surface area contributed by atoms with Gasteiger partial charge >= 0.3 is 6.09 Å². The second-order valence-electron chi connectivity index (χ2n) is 5.21. The molecule has 0 radical (unpaired) electrons. The van der Waals surface area contributed by atoms with Gasteiger partial charge in [0.25, 0.3) is 0 Å². The molecule has 0 aromatic carbocycles. The standard InChI is InChI=1S/C14H15N4O3S/c1-2-21-13(20)18-5-3-14(4-6-18)9(7-15)11(19)17-12(22)10(14)8-16/h9H,2-6H2,1H3,(H,17,19,22)/q-1. The van der Waals surface area contributed by atoms with E-state index in [0.29, 0.717) is 25.9 Å². The fourth-order valence-corrected chi connectivity index (χ4v) is 3.40. The van der Waals surface area contributed by atoms with Crippen molar-refractivity contribution < 1.29 is 14.3 Å². The van der Waals surface area contributed by atoms with Crippen molar-refractivity contribution in [1.82, 2.24) is 10.2 Å². The Bertz CT molecular complexity index is 610. The number of carbonyl (C=O) groups is 2. The number of amides is 2. The summed E-state index contributed by atoms with van der Waals surface area (Å²) in [6.07, 6.45) is 0.244. The molecule has 0 bridgehead atoms. The lowest BCUT2D eigenvalue weighted by molar-refractivity contribution is -0.126. The van der Waals surface area contributed by atoms with Crippen molar-refractivity contribution in [2.45, 2.75) is 19.8 Å². The maximum Gasteiger partial charge on any atom is 0.409 e. The molecular formula is C14H15N4O3S-. The Morgan fingerprint density at radius 1 is 1.59 bits per heavy atom. The summed E-state index contributed by atoms with van der Waals surface area (Å²) in [5.41, 5.74) is -0.650. The van der Waals surface area contributed by atoms with Gasteiger partial charge in [-0.15, -0.1) is 0 Å². The number of likely N-dealkylation sites (tertiary alicyclic amines) is 1. The minimum absolute atomic E-state index is 0.0867. The zero-order valence-electron chi connectivity index (χ0n) is 12.1. The highest BCUT2D eigenvalue weighted by atomic mass is 32.1. The lowest BCUT2D eigenvalue weighted by Crippen LogP contribution is -2.57. The van der Waals surface area contributed by atoms with Crippen molar-refractivity contribution >= 4 is 35.1 Å². The van der Waals surface area contributed by atoms with E-state index in [1.165, 1.54) is 4.90 Å². The summed E-state index contributed by atoms with van der Waals surface area (Å²) in [4.78, 5) is 25.4. The molecule has 8 heteroatoms. The molecule has 0 aliphatic carbocycles. The molecule has 2 aliphatic rings. The van der Waals surface area contributed by atoms with E-state index < -0.39 is 23.3 Å². The number of piperidine rings is 2. The maximum atomic E-state index is 12.0. The number of hydrogen-bond acceptors (Lipinski definition) is 5. The number of carbonyl (C=O) groups excluding carboxylic acids is 2. The van der Waals surface area contributed by atoms with E-state index in [2.05, 4.69) is 5.32 Å². The van der Waals surface area contributed by atoms with Gasteiger partial charge < -0.3 is 20.4 Å². The molecule has 2 saturated heterocycles. The fraction of sp³-hybridized carbons (Fsp3) is 0.571. The predicted molar refractivity (Wildman–Crippen MR) is 82.0 cm³/mol. The number of ether oxygens (including phenoxy) is 1. The van der Waals surface area contributed by atoms with E-state index in [-0.39, 0.29) is 17.2 Å². The van der Waals surface area contributed by atoms with Crippen LogP contribution in [0.3, 0.4) is 0 Å². The van der Waals surface area contributed by atoms with Crippen LogP contribution in [-0.4, -0.2) is 47.5 Å². The molecule has 116 valence electrons. The lowest BCUT2D eigenvalue weighted by atomic mass is 9.62. The fourth-order valence-electron chi connectivity index (χ4n) is 3.05. The number of rotatable bonds is 1. The van der Waals surface area contributed by atoms with Crippen LogP contribution in [-0.2, 0) is 9.53 Å². The van der Waals surface area contributed by atoms with Crippen LogP contribution >= 0.6 is 12.2 Å². The molecule has 7 nitrogen and oxygen atoms in total. The largest absolute Gasteiger partial charge is 0.763 e. The first-order valence-electron chi connectivity index (χ1n) is 6.94. The Morgan fingerprint density at radius 2 is 2.23 bits per heavy atom. The monoisotopic (exact) mass is 319 g/mol. The highest BCUT2D eigenvalue weighted by Gasteiger charge is 2.52. The minimum atomic E-state index is -0.974. The summed E-state index contributed by atoms with van der Waals surface area (Å²) >= 11 is 5.07. The van der Waals surface area contributed by atoms with Crippen molar-refractivity contribution in [3.05, 3.63) is 11.0 Å². The average molecular weight is 319 g/mol. The third-order valence-electron chi connectivity index (χ3n) is 4.20. The molecule has 22 heavy (non-hydrogen) atoms. The van der Waals surface area contributed by atoms with Crippen LogP contribution in [0.4, 0.5) is 4.79 Å². The van der Waals surface area contributed by atoms with Gasteiger partial charge in [0, 0.05) is 24.1 Å². The smallest absolute Gasteiger partial charge is 0.409 e. The summed E-state index contributed by atoms with van der Waals surface area (Å²) in [5.74, 6) is 0.593. The van der Waals surface area contributed by atoms with Gasteiger partial charge in [-0.3, -0.25) is 10.7 Å². The summed E-state index contributed by atoms with van der Waals surface area (Å²) in [6.45, 7) is 2.64. The van der Waals surface area contributed by atoms with Crippen molar-refractivity contribution in [3.8, 4) is 6.07 Å². The van der Waals surface area contributed by atoms with Crippen LogP contribution < -0.4 is 5.32 Å². The lowest BCUT2D eigenvalue weighted by Gasteiger charge is -2.47. The molecule has 0 aromatic rings. The van der Waals surface area contributed by atoms with E-state index >= 15 is 0 Å². The average Bonchev–Trinajstić information content (AvgIpc) is 2.48. The summed E-state index contributed by atoms with van der Waals surface area (Å²) in [6, 6.07) is 1.99. The molecule has 1 unspecified atom stereocenters. The zero-order valence-corrected chi connectivity index (χ0v) is 12.9. The number of nitrogens with one attached hydrogen (secondary N) is 1. The second-order valence-corrected chi connectivity index (χ2v) is 5.62. The van der Waals surface area contributed by atoms with Crippen LogP contribution in [0.2, 0.25) is 0 Å². The molecule has 0 aromatic heterocycles. The minimum Gasteiger partial charge on any atom is -0.763 e. The molecule has 1 N–H and O–H groups in total. The predicted octanol–water partition coefficient (Wildman–Crippen LogP) is 0.988. The second kappa shape index (κ2) is 6.26. The quantitative estimate of drug-likeness (QED) is 0.441. The summed E-state index contributed by atoms with van der Waals surface area (Å²) in [5, 5.41) is 21.2. The molecule has 0 saturated carbocycles. The van der Waals surface area contributed by atoms with Crippen LogP contribution in [0.15, 0.2) is 5.57 Å². The number of nitriles is 1. The molecule has 2 aliphatic heterocycles. The van der Waals surface area contributed by atoms with Crippen LogP contribution in [0.5, 0.6) is 0 Å². The van der Waals surface area contributed by atoms with E-state index in [1.807, 2.05) is 11.9 Å². The first-order chi connectivity index (χ1) is 10.5. The first-order valence-corrected chi connectivity index (χ1v) is 7.35. The Morgan fingerprint density at radius 3 is 2.73 bits per heavy atom. The Labute approximate surface area is 133 Å². The number of hydrogen-bond donors (Lipinski definition) is 1. The van der Waals surface area contributed by atoms with Gasteiger partial charge in [0.05, 0.1) is 12.7 Å². The summed E-state index contributed by atoms with van der Waals surface area (Å²) in [7, 11) is 0. The van der Waals surface area contributed by atoms with Crippen LogP contribution in [0, 0.1) is 22.7 Å². The Balaban J connectivity index is 2.29. The van der Waals surface area contributed by atoms with Gasteiger partial charge in [0.15, 0.2) is 0 Å². The molecule has 2 fully saturated rings. The number of thiocarbonyl (C=S) groups is 1. The van der Waals surface area contributed by atoms with Gasteiger partial charge in [-0.1, -0.05) is 12.2 Å². The van der Waals surface area contributed by atoms with Crippen molar-refractivity contribution in [2.75, 3.05) is 19.7 Å². The first kappa shape index (κ1) is 16.1. The van der Waals surface area contributed by atoms with E-state index in [0.717, 1.165) is 0 Å². The van der Waals surface area contributed by atoms with Gasteiger partial charge in [-0.25, -0.2) is 4.79 Å². The highest BCUT2D eigenvalue weighted by molar-refractivity contribution is 7.80. The van der Waals surface area contributed by atoms with Crippen molar-refractivity contribution in [2.24, 2.45) is 11.3 Å². The zero-order chi connectivity index (χ0) is 16.3. The van der Waals surface area contributed by atoms with Gasteiger partial charge in [-0.05, 0) is 19.8 Å². The topological polar surface area (TPSA) is 105 Å². The van der Waals surface area contributed by atoms with E-state index in [9.17, 15) is 20.3 Å². The molecule has 2 rings (SSSR count). The van der Waals surface area contributed by atoms with Crippen molar-refractivity contribution in [1.29, 1.82) is 5.26 Å². The Hall–Kier alpha value is -2.23. The Kier molecular flexibility index (Phi) is 4.59. The molecular weight excluding hydrogens is 304 g/mol. The highest BCUT2D eigenvalue weighted by Crippen LogP contribution is 2.46. The summed E-state index contributed by atoms with van der Waals surface area (Å²) < 4.78 is 4.95. The molecule has 1 spiro atoms. The molecule has 2 heterocycles. The molecule has 1 atom stereocenters. The van der Waals surface area contributed by atoms with Gasteiger partial charge in [-0.2, -0.15) is 5.26 Å². The maximum absolute atomic E-state index is 12.0.